The Hall–Kier alpha value is -2.12. The normalized spacial score (nSPS) is 19.4. The van der Waals surface area contributed by atoms with Crippen LogP contribution in [0.15, 0.2) is 35.8 Å². The number of piperidine rings is 1. The topological polar surface area (TPSA) is 66.5 Å². The highest BCUT2D eigenvalue weighted by atomic mass is 32.1. The molecule has 4 rings (SSSR count). The molecule has 7 heteroatoms. The van der Waals surface area contributed by atoms with Crippen LogP contribution in [-0.4, -0.2) is 47.6 Å². The number of carbonyl (C=O) groups is 1. The van der Waals surface area contributed by atoms with Crippen LogP contribution in [0.2, 0.25) is 0 Å². The first kappa shape index (κ1) is 18.3. The third-order valence-corrected chi connectivity index (χ3v) is 6.09. The second kappa shape index (κ2) is 7.86. The number of methoxy groups -OCH3 is 1. The zero-order valence-corrected chi connectivity index (χ0v) is 16.4. The predicted molar refractivity (Wildman–Crippen MR) is 107 cm³/mol. The summed E-state index contributed by atoms with van der Waals surface area (Å²) < 4.78 is 5.23. The number of aromatic nitrogens is 1. The van der Waals surface area contributed by atoms with E-state index in [1.165, 1.54) is 5.56 Å². The maximum atomic E-state index is 13.0. The minimum atomic E-state index is -0.559. The minimum Gasteiger partial charge on any atom is -0.497 e. The number of rotatable bonds is 7. The average Bonchev–Trinajstić information content (AvgIpc) is 3.36. The van der Waals surface area contributed by atoms with Crippen LogP contribution in [0.3, 0.4) is 0 Å². The monoisotopic (exact) mass is 386 g/mol. The molecule has 2 aliphatic rings. The quantitative estimate of drug-likeness (QED) is 0.766. The number of ether oxygens (including phenoxy) is 1. The smallest absolute Gasteiger partial charge is 0.246 e. The molecule has 1 aliphatic carbocycles. The van der Waals surface area contributed by atoms with Crippen molar-refractivity contribution in [3.05, 3.63) is 41.4 Å². The van der Waals surface area contributed by atoms with E-state index in [9.17, 15) is 4.79 Å². The third-order valence-electron chi connectivity index (χ3n) is 5.40. The lowest BCUT2D eigenvalue weighted by Gasteiger charge is -2.41. The van der Waals surface area contributed by atoms with E-state index in [1.54, 1.807) is 24.6 Å². The van der Waals surface area contributed by atoms with Crippen molar-refractivity contribution in [1.29, 1.82) is 0 Å². The number of benzene rings is 1. The number of hydrogen-bond donors (Lipinski definition) is 2. The summed E-state index contributed by atoms with van der Waals surface area (Å²) >= 11 is 1.55. The molecule has 1 aliphatic heterocycles. The van der Waals surface area contributed by atoms with E-state index in [2.05, 4.69) is 32.7 Å². The molecule has 1 saturated carbocycles. The molecule has 0 spiro atoms. The second-order valence-electron chi connectivity index (χ2n) is 7.42. The van der Waals surface area contributed by atoms with Crippen LogP contribution >= 0.6 is 11.3 Å². The van der Waals surface area contributed by atoms with Gasteiger partial charge in [-0.15, -0.1) is 11.3 Å². The van der Waals surface area contributed by atoms with Crippen molar-refractivity contribution in [1.82, 2.24) is 15.2 Å². The maximum Gasteiger partial charge on any atom is 0.246 e. The molecule has 27 heavy (non-hydrogen) atoms. The van der Waals surface area contributed by atoms with Gasteiger partial charge in [0.05, 0.1) is 7.11 Å². The Morgan fingerprint density at radius 2 is 2.04 bits per heavy atom. The van der Waals surface area contributed by atoms with Gasteiger partial charge in [0, 0.05) is 37.3 Å². The highest BCUT2D eigenvalue weighted by Gasteiger charge is 2.43. The fourth-order valence-electron chi connectivity index (χ4n) is 3.53. The van der Waals surface area contributed by atoms with Crippen molar-refractivity contribution >= 4 is 22.4 Å². The lowest BCUT2D eigenvalue weighted by molar-refractivity contribution is -0.127. The number of nitrogens with zero attached hydrogens (tertiary/aromatic N) is 2. The van der Waals surface area contributed by atoms with Crippen LogP contribution in [0, 0.1) is 0 Å². The van der Waals surface area contributed by atoms with E-state index in [-0.39, 0.29) is 5.91 Å². The van der Waals surface area contributed by atoms with Gasteiger partial charge in [0.2, 0.25) is 5.91 Å². The molecule has 2 heterocycles. The number of thiazole rings is 1. The summed E-state index contributed by atoms with van der Waals surface area (Å²) in [6.45, 7) is 2.65. The highest BCUT2D eigenvalue weighted by molar-refractivity contribution is 7.13. The zero-order chi connectivity index (χ0) is 18.7. The van der Waals surface area contributed by atoms with E-state index in [1.807, 2.05) is 17.5 Å². The molecule has 0 radical (unpaired) electrons. The summed E-state index contributed by atoms with van der Waals surface area (Å²) in [5.41, 5.74) is 0.704. The van der Waals surface area contributed by atoms with Gasteiger partial charge in [0.25, 0.3) is 0 Å². The van der Waals surface area contributed by atoms with Gasteiger partial charge in [0.1, 0.15) is 11.3 Å². The van der Waals surface area contributed by atoms with Crippen LogP contribution in [0.25, 0.3) is 0 Å². The summed E-state index contributed by atoms with van der Waals surface area (Å²) in [7, 11) is 1.68. The molecular weight excluding hydrogens is 360 g/mol. The first-order valence-electron chi connectivity index (χ1n) is 9.51. The molecule has 0 unspecified atom stereocenters. The summed E-state index contributed by atoms with van der Waals surface area (Å²) in [6.07, 6.45) is 5.53. The van der Waals surface area contributed by atoms with Gasteiger partial charge < -0.3 is 15.4 Å². The van der Waals surface area contributed by atoms with Crippen molar-refractivity contribution in [2.24, 2.45) is 0 Å². The van der Waals surface area contributed by atoms with E-state index in [0.29, 0.717) is 6.04 Å². The molecule has 6 nitrogen and oxygen atoms in total. The minimum absolute atomic E-state index is 0.129. The molecule has 1 aromatic heterocycles. The average molecular weight is 387 g/mol. The van der Waals surface area contributed by atoms with Crippen LogP contribution in [-0.2, 0) is 11.3 Å². The first-order valence-corrected chi connectivity index (χ1v) is 10.4. The number of carbonyl (C=O) groups excluding carboxylic acids is 1. The van der Waals surface area contributed by atoms with Gasteiger partial charge in [-0.05, 0) is 43.4 Å². The lowest BCUT2D eigenvalue weighted by Crippen LogP contribution is -2.58. The highest BCUT2D eigenvalue weighted by Crippen LogP contribution is 2.31. The molecule has 2 aromatic rings. The van der Waals surface area contributed by atoms with Gasteiger partial charge in [-0.3, -0.25) is 9.69 Å². The van der Waals surface area contributed by atoms with Crippen molar-refractivity contribution in [2.45, 2.75) is 43.8 Å². The van der Waals surface area contributed by atoms with Gasteiger partial charge in [-0.25, -0.2) is 4.98 Å². The molecule has 144 valence electrons. The standard InChI is InChI=1S/C20H26N4O2S/c1-26-17-6-2-15(3-7-17)14-24-11-8-20(9-12-24,18(25)22-16-4-5-16)23-19-21-10-13-27-19/h2-3,6-7,10,13,16H,4-5,8-9,11-12,14H2,1H3,(H,21,23)(H,22,25). The molecule has 1 aromatic carbocycles. The molecular formula is C20H26N4O2S. The summed E-state index contributed by atoms with van der Waals surface area (Å²) in [4.78, 5) is 19.8. The molecule has 1 amide bonds. The van der Waals surface area contributed by atoms with Crippen molar-refractivity contribution in [3.8, 4) is 5.75 Å². The molecule has 2 fully saturated rings. The van der Waals surface area contributed by atoms with E-state index >= 15 is 0 Å². The number of amides is 1. The zero-order valence-electron chi connectivity index (χ0n) is 15.6. The SMILES string of the molecule is COc1ccc(CN2CCC(Nc3nccs3)(C(=O)NC3CC3)CC2)cc1. The van der Waals surface area contributed by atoms with Crippen molar-refractivity contribution < 1.29 is 9.53 Å². The van der Waals surface area contributed by atoms with Gasteiger partial charge in [-0.1, -0.05) is 12.1 Å². The Bertz CT molecular complexity index is 751. The Kier molecular flexibility index (Phi) is 5.31. The number of anilines is 1. The molecule has 2 N–H and O–H groups in total. The van der Waals surface area contributed by atoms with Crippen LogP contribution in [0.5, 0.6) is 5.75 Å². The predicted octanol–water partition coefficient (Wildman–Crippen LogP) is 2.88. The summed E-state index contributed by atoms with van der Waals surface area (Å²) in [6, 6.07) is 8.57. The van der Waals surface area contributed by atoms with Gasteiger partial charge in [0.15, 0.2) is 5.13 Å². The third kappa shape index (κ3) is 4.42. The Labute approximate surface area is 163 Å². The van der Waals surface area contributed by atoms with Crippen molar-refractivity contribution in [2.75, 3.05) is 25.5 Å². The summed E-state index contributed by atoms with van der Waals surface area (Å²) in [5.74, 6) is 1.00. The number of nitrogens with one attached hydrogen (secondary N) is 2. The van der Waals surface area contributed by atoms with Gasteiger partial charge >= 0.3 is 0 Å². The first-order chi connectivity index (χ1) is 13.2. The van der Waals surface area contributed by atoms with Crippen LogP contribution in [0.4, 0.5) is 5.13 Å². The second-order valence-corrected chi connectivity index (χ2v) is 8.31. The molecule has 0 atom stereocenters. The molecule has 1 saturated heterocycles. The van der Waals surface area contributed by atoms with Crippen LogP contribution in [0.1, 0.15) is 31.2 Å². The Balaban J connectivity index is 1.40. The maximum absolute atomic E-state index is 13.0. The van der Waals surface area contributed by atoms with Gasteiger partial charge in [-0.2, -0.15) is 0 Å². The number of hydrogen-bond acceptors (Lipinski definition) is 6. The van der Waals surface area contributed by atoms with Crippen molar-refractivity contribution in [3.63, 3.8) is 0 Å². The van der Waals surface area contributed by atoms with Crippen LogP contribution < -0.4 is 15.4 Å². The fourth-order valence-corrected chi connectivity index (χ4v) is 4.16. The largest absolute Gasteiger partial charge is 0.497 e. The Morgan fingerprint density at radius 3 is 2.63 bits per heavy atom. The molecule has 0 bridgehead atoms. The summed E-state index contributed by atoms with van der Waals surface area (Å²) in [5, 5.41) is 9.42. The number of likely N-dealkylation sites (tertiary alicyclic amines) is 1. The van der Waals surface area contributed by atoms with E-state index in [0.717, 1.165) is 56.2 Å². The fraction of sp³-hybridized carbons (Fsp3) is 0.500. The lowest BCUT2D eigenvalue weighted by atomic mass is 9.86. The Morgan fingerprint density at radius 1 is 1.30 bits per heavy atom. The van der Waals surface area contributed by atoms with E-state index < -0.39 is 5.54 Å². The van der Waals surface area contributed by atoms with E-state index in [4.69, 9.17) is 4.74 Å².